The van der Waals surface area contributed by atoms with Crippen LogP contribution in [0.2, 0.25) is 0 Å². The first-order valence-corrected chi connectivity index (χ1v) is 12.1. The van der Waals surface area contributed by atoms with Crippen LogP contribution in [0, 0.1) is 11.9 Å². The number of halogens is 1. The molecule has 0 unspecified atom stereocenters. The fourth-order valence-electron chi connectivity index (χ4n) is 4.19. The van der Waals surface area contributed by atoms with Crippen molar-refractivity contribution in [1.82, 2.24) is 9.97 Å². The van der Waals surface area contributed by atoms with Gasteiger partial charge in [-0.1, -0.05) is 88.1 Å². The Balaban J connectivity index is 1.37. The van der Waals surface area contributed by atoms with Crippen LogP contribution in [-0.4, -0.2) is 23.2 Å². The van der Waals surface area contributed by atoms with Gasteiger partial charge in [0.05, 0.1) is 13.2 Å². The van der Waals surface area contributed by atoms with Gasteiger partial charge in [0.15, 0.2) is 12.1 Å². The molecule has 2 aromatic carbocycles. The summed E-state index contributed by atoms with van der Waals surface area (Å²) >= 11 is 0. The second-order valence-electron chi connectivity index (χ2n) is 8.82. The predicted octanol–water partition coefficient (Wildman–Crippen LogP) is 7.14. The molecule has 1 aromatic heterocycles. The van der Waals surface area contributed by atoms with Gasteiger partial charge in [0.1, 0.15) is 0 Å². The normalized spacial score (nSPS) is 18.4. The fraction of sp³-hybridized carbons (Fsp3) is 0.429. The number of nitrogens with zero attached hydrogens (tertiary/aromatic N) is 2. The summed E-state index contributed by atoms with van der Waals surface area (Å²) in [5.41, 5.74) is 4.59. The van der Waals surface area contributed by atoms with Crippen LogP contribution in [0.4, 0.5) is 4.39 Å². The molecule has 0 N–H and O–H groups in total. The average Bonchev–Trinajstić information content (AvgIpc) is 2.86. The van der Waals surface area contributed by atoms with Crippen LogP contribution in [0.1, 0.15) is 63.4 Å². The van der Waals surface area contributed by atoms with Crippen LogP contribution in [0.3, 0.4) is 0 Å². The van der Waals surface area contributed by atoms with E-state index in [0.29, 0.717) is 23.7 Å². The maximum Gasteiger partial charge on any atom is 0.219 e. The van der Waals surface area contributed by atoms with Gasteiger partial charge in [-0.3, -0.25) is 0 Å². The molecule has 33 heavy (non-hydrogen) atoms. The summed E-state index contributed by atoms with van der Waals surface area (Å²) < 4.78 is 26.1. The van der Waals surface area contributed by atoms with Crippen LogP contribution in [0.15, 0.2) is 54.7 Å². The summed E-state index contributed by atoms with van der Waals surface area (Å²) in [4.78, 5) is 8.39. The molecule has 4 rings (SSSR count). The Hall–Kier alpha value is -2.63. The van der Waals surface area contributed by atoms with Crippen molar-refractivity contribution in [3.8, 4) is 22.5 Å². The number of aromatic nitrogens is 2. The Labute approximate surface area is 196 Å². The molecular formula is C28H33FN2O2. The Morgan fingerprint density at radius 3 is 2.09 bits per heavy atom. The van der Waals surface area contributed by atoms with Crippen molar-refractivity contribution in [3.05, 3.63) is 71.8 Å². The standard InChI is InChI=1S/C28H33FN2O2/c1-3-5-6-8-20-18-32-28(33-19-20)24-15-11-22(12-16-24)21-9-13-23(14-10-21)27-30-17-25(7-4-2)26(29)31-27/h9-17,20,28H,3-8,18-19H2,1-2H3. The highest BCUT2D eigenvalue weighted by molar-refractivity contribution is 5.67. The molecule has 4 nitrogen and oxygen atoms in total. The van der Waals surface area contributed by atoms with Crippen molar-refractivity contribution in [2.45, 2.75) is 58.7 Å². The van der Waals surface area contributed by atoms with E-state index < -0.39 is 5.95 Å². The van der Waals surface area contributed by atoms with E-state index in [1.54, 1.807) is 6.20 Å². The van der Waals surface area contributed by atoms with Gasteiger partial charge in [-0.05, 0) is 24.0 Å². The second kappa shape index (κ2) is 11.5. The highest BCUT2D eigenvalue weighted by Crippen LogP contribution is 2.30. The first-order valence-electron chi connectivity index (χ1n) is 12.1. The molecule has 1 fully saturated rings. The summed E-state index contributed by atoms with van der Waals surface area (Å²) in [6.45, 7) is 5.77. The van der Waals surface area contributed by atoms with E-state index >= 15 is 0 Å². The molecule has 1 aliphatic rings. The largest absolute Gasteiger partial charge is 0.348 e. The quantitative estimate of drug-likeness (QED) is 0.258. The molecule has 0 atom stereocenters. The molecule has 5 heteroatoms. The molecule has 0 spiro atoms. The van der Waals surface area contributed by atoms with Crippen LogP contribution >= 0.6 is 0 Å². The minimum atomic E-state index is -0.430. The van der Waals surface area contributed by atoms with Crippen LogP contribution < -0.4 is 0 Å². The maximum atomic E-state index is 14.2. The van der Waals surface area contributed by atoms with Gasteiger partial charge in [-0.15, -0.1) is 0 Å². The van der Waals surface area contributed by atoms with Gasteiger partial charge in [0, 0.05) is 28.8 Å². The van der Waals surface area contributed by atoms with Gasteiger partial charge in [0.2, 0.25) is 5.95 Å². The predicted molar refractivity (Wildman–Crippen MR) is 129 cm³/mol. The first-order chi connectivity index (χ1) is 16.2. The van der Waals surface area contributed by atoms with E-state index in [0.717, 1.165) is 41.9 Å². The van der Waals surface area contributed by atoms with Gasteiger partial charge >= 0.3 is 0 Å². The molecule has 0 bridgehead atoms. The van der Waals surface area contributed by atoms with E-state index in [1.165, 1.54) is 25.7 Å². The number of benzene rings is 2. The molecule has 0 aliphatic carbocycles. The van der Waals surface area contributed by atoms with Crippen molar-refractivity contribution in [2.75, 3.05) is 13.2 Å². The zero-order chi connectivity index (χ0) is 23.0. The summed E-state index contributed by atoms with van der Waals surface area (Å²) in [6.07, 6.45) is 7.77. The number of aryl methyl sites for hydroxylation is 1. The van der Waals surface area contributed by atoms with E-state index in [1.807, 2.05) is 31.2 Å². The average molecular weight is 449 g/mol. The van der Waals surface area contributed by atoms with Crippen molar-refractivity contribution >= 4 is 0 Å². The number of unbranched alkanes of at least 4 members (excludes halogenated alkanes) is 2. The van der Waals surface area contributed by atoms with Gasteiger partial charge < -0.3 is 9.47 Å². The molecule has 1 aliphatic heterocycles. The number of hydrogen-bond acceptors (Lipinski definition) is 4. The lowest BCUT2D eigenvalue weighted by Gasteiger charge is -2.29. The van der Waals surface area contributed by atoms with Gasteiger partial charge in [0.25, 0.3) is 0 Å². The smallest absolute Gasteiger partial charge is 0.219 e. The third kappa shape index (κ3) is 6.04. The van der Waals surface area contributed by atoms with E-state index in [-0.39, 0.29) is 6.29 Å². The third-order valence-electron chi connectivity index (χ3n) is 6.17. The van der Waals surface area contributed by atoms with Crippen molar-refractivity contribution in [2.24, 2.45) is 5.92 Å². The first kappa shape index (κ1) is 23.5. The highest BCUT2D eigenvalue weighted by atomic mass is 19.1. The lowest BCUT2D eigenvalue weighted by atomic mass is 10.0. The maximum absolute atomic E-state index is 14.2. The van der Waals surface area contributed by atoms with Gasteiger partial charge in [-0.2, -0.15) is 9.37 Å². The monoisotopic (exact) mass is 448 g/mol. The molecule has 2 heterocycles. The Kier molecular flexibility index (Phi) is 8.19. The molecular weight excluding hydrogens is 415 g/mol. The van der Waals surface area contributed by atoms with Gasteiger partial charge in [-0.25, -0.2) is 4.98 Å². The number of ether oxygens (including phenoxy) is 2. The van der Waals surface area contributed by atoms with Crippen LogP contribution in [0.25, 0.3) is 22.5 Å². The minimum Gasteiger partial charge on any atom is -0.348 e. The Morgan fingerprint density at radius 2 is 1.48 bits per heavy atom. The van der Waals surface area contributed by atoms with E-state index in [9.17, 15) is 4.39 Å². The molecule has 3 aromatic rings. The molecule has 0 saturated carbocycles. The molecule has 1 saturated heterocycles. The summed E-state index contributed by atoms with van der Waals surface area (Å²) in [7, 11) is 0. The molecule has 0 amide bonds. The molecule has 0 radical (unpaired) electrons. The fourth-order valence-corrected chi connectivity index (χ4v) is 4.19. The van der Waals surface area contributed by atoms with E-state index in [4.69, 9.17) is 9.47 Å². The summed E-state index contributed by atoms with van der Waals surface area (Å²) in [5, 5.41) is 0. The zero-order valence-electron chi connectivity index (χ0n) is 19.6. The van der Waals surface area contributed by atoms with E-state index in [2.05, 4.69) is 41.2 Å². The topological polar surface area (TPSA) is 44.2 Å². The Bertz CT molecular complexity index is 1010. The van der Waals surface area contributed by atoms with Crippen molar-refractivity contribution in [3.63, 3.8) is 0 Å². The lowest BCUT2D eigenvalue weighted by molar-refractivity contribution is -0.206. The Morgan fingerprint density at radius 1 is 0.848 bits per heavy atom. The van der Waals surface area contributed by atoms with Crippen molar-refractivity contribution < 1.29 is 13.9 Å². The van der Waals surface area contributed by atoms with Crippen LogP contribution in [-0.2, 0) is 15.9 Å². The summed E-state index contributed by atoms with van der Waals surface area (Å²) in [5.74, 6) is 0.487. The SMILES string of the molecule is CCCCCC1COC(c2ccc(-c3ccc(-c4ncc(CCC)c(F)n4)cc3)cc2)OC1. The highest BCUT2D eigenvalue weighted by Gasteiger charge is 2.23. The molecule has 174 valence electrons. The number of rotatable bonds is 9. The third-order valence-corrected chi connectivity index (χ3v) is 6.17. The van der Waals surface area contributed by atoms with Crippen LogP contribution in [0.5, 0.6) is 0 Å². The lowest BCUT2D eigenvalue weighted by Crippen LogP contribution is -2.27. The summed E-state index contributed by atoms with van der Waals surface area (Å²) in [6, 6.07) is 16.2. The zero-order valence-corrected chi connectivity index (χ0v) is 19.6. The number of hydrogen-bond donors (Lipinski definition) is 0. The minimum absolute atomic E-state index is 0.286. The van der Waals surface area contributed by atoms with Crippen molar-refractivity contribution in [1.29, 1.82) is 0 Å². The second-order valence-corrected chi connectivity index (χ2v) is 8.82.